The molecule has 4 heterocycles. The summed E-state index contributed by atoms with van der Waals surface area (Å²) < 4.78 is 11.9. The molecule has 0 bridgehead atoms. The van der Waals surface area contributed by atoms with Gasteiger partial charge in [0, 0.05) is 75.3 Å². The molecular weight excluding hydrogens is 849 g/mol. The molecule has 0 aliphatic carbocycles. The second-order valence-corrected chi connectivity index (χ2v) is 19.1. The van der Waals surface area contributed by atoms with Crippen molar-refractivity contribution >= 4 is 141 Å². The molecule has 0 saturated heterocycles. The lowest BCUT2D eigenvalue weighted by Gasteiger charge is -2.13. The smallest absolute Gasteiger partial charge is 0.151 e. The number of hydrogen-bond donors (Lipinski definition) is 2. The number of aromatic amines is 1. The van der Waals surface area contributed by atoms with Gasteiger partial charge in [0.05, 0.1) is 22.1 Å². The molecule has 0 aliphatic heterocycles. The lowest BCUT2D eigenvalue weighted by atomic mass is 9.96. The number of benzene rings is 11. The Morgan fingerprint density at radius 3 is 2.10 bits per heavy atom. The van der Waals surface area contributed by atoms with Gasteiger partial charge in [-0.05, 0) is 116 Å². The normalized spacial score (nSPS) is 12.4. The van der Waals surface area contributed by atoms with Crippen molar-refractivity contribution in [1.29, 1.82) is 5.41 Å². The first kappa shape index (κ1) is 37.4. The van der Waals surface area contributed by atoms with E-state index < -0.39 is 0 Å². The molecular formula is C62H36N4OS. The van der Waals surface area contributed by atoms with Crippen LogP contribution in [0.3, 0.4) is 0 Å². The number of amidine groups is 1. The minimum Gasteiger partial charge on any atom is -0.455 e. The van der Waals surface area contributed by atoms with E-state index in [-0.39, 0.29) is 5.84 Å². The predicted molar refractivity (Wildman–Crippen MR) is 289 cm³/mol. The number of aromatic nitrogens is 2. The maximum atomic E-state index is 9.61. The van der Waals surface area contributed by atoms with Gasteiger partial charge in [-0.1, -0.05) is 127 Å². The van der Waals surface area contributed by atoms with E-state index in [4.69, 9.17) is 9.41 Å². The molecule has 6 heteroatoms. The monoisotopic (exact) mass is 884 g/mol. The summed E-state index contributed by atoms with van der Waals surface area (Å²) in [7, 11) is 0. The third-order valence-electron chi connectivity index (χ3n) is 14.1. The van der Waals surface area contributed by atoms with Crippen LogP contribution in [-0.2, 0) is 0 Å². The highest BCUT2D eigenvalue weighted by Crippen LogP contribution is 2.44. The Balaban J connectivity index is 0.995. The Labute approximate surface area is 391 Å². The molecule has 4 aromatic heterocycles. The van der Waals surface area contributed by atoms with Gasteiger partial charge in [0.1, 0.15) is 11.2 Å². The van der Waals surface area contributed by atoms with Crippen molar-refractivity contribution in [3.8, 4) is 16.8 Å². The molecule has 15 aromatic rings. The lowest BCUT2D eigenvalue weighted by molar-refractivity contribution is 0.672. The molecule has 15 rings (SSSR count). The lowest BCUT2D eigenvalue weighted by Crippen LogP contribution is -2.01. The fraction of sp³-hybridized carbons (Fsp3) is 0. The summed E-state index contributed by atoms with van der Waals surface area (Å²) in [6.07, 6.45) is 1.82. The summed E-state index contributed by atoms with van der Waals surface area (Å²) in [6.45, 7) is 0. The van der Waals surface area contributed by atoms with Gasteiger partial charge in [0.25, 0.3) is 0 Å². The van der Waals surface area contributed by atoms with Crippen molar-refractivity contribution in [1.82, 2.24) is 9.55 Å². The average Bonchev–Trinajstić information content (AvgIpc) is 4.14. The van der Waals surface area contributed by atoms with Crippen molar-refractivity contribution in [2.75, 3.05) is 0 Å². The number of nitrogens with zero attached hydrogens (tertiary/aromatic N) is 2. The van der Waals surface area contributed by atoms with Crippen LogP contribution < -0.4 is 0 Å². The number of rotatable bonds is 4. The summed E-state index contributed by atoms with van der Waals surface area (Å²) in [6, 6.07) is 71.9. The molecule has 68 heavy (non-hydrogen) atoms. The van der Waals surface area contributed by atoms with E-state index in [9.17, 15) is 5.41 Å². The molecule has 316 valence electrons. The Morgan fingerprint density at radius 2 is 1.21 bits per heavy atom. The summed E-state index contributed by atoms with van der Waals surface area (Å²) in [5, 5.41) is 25.7. The largest absolute Gasteiger partial charge is 0.455 e. The van der Waals surface area contributed by atoms with Crippen LogP contribution in [0.5, 0.6) is 0 Å². The van der Waals surface area contributed by atoms with Gasteiger partial charge in [0.15, 0.2) is 5.84 Å². The van der Waals surface area contributed by atoms with Crippen LogP contribution in [0.2, 0.25) is 0 Å². The molecule has 0 unspecified atom stereocenters. The van der Waals surface area contributed by atoms with E-state index in [1.54, 1.807) is 11.3 Å². The second-order valence-electron chi connectivity index (χ2n) is 18.0. The fourth-order valence-electron chi connectivity index (χ4n) is 11.0. The molecule has 0 spiro atoms. The van der Waals surface area contributed by atoms with E-state index in [0.717, 1.165) is 93.1 Å². The average molecular weight is 885 g/mol. The molecule has 11 aromatic carbocycles. The number of aliphatic imine (C=N–C) groups is 1. The van der Waals surface area contributed by atoms with Gasteiger partial charge < -0.3 is 14.0 Å². The molecule has 2 N–H and O–H groups in total. The number of H-pyrrole nitrogens is 1. The summed E-state index contributed by atoms with van der Waals surface area (Å²) in [4.78, 5) is 8.54. The quantitative estimate of drug-likeness (QED) is 0.134. The predicted octanol–water partition coefficient (Wildman–Crippen LogP) is 17.3. The first-order valence-corrected chi connectivity index (χ1v) is 23.7. The number of nitrogens with one attached hydrogen (secondary N) is 2. The molecule has 0 amide bonds. The molecule has 0 radical (unpaired) electrons. The highest BCUT2D eigenvalue weighted by molar-refractivity contribution is 7.25. The highest BCUT2D eigenvalue weighted by atomic mass is 32.1. The van der Waals surface area contributed by atoms with E-state index in [2.05, 4.69) is 204 Å². The van der Waals surface area contributed by atoms with Gasteiger partial charge in [-0.15, -0.1) is 11.3 Å². The maximum absolute atomic E-state index is 9.61. The molecule has 5 nitrogen and oxygen atoms in total. The topological polar surface area (TPSA) is 70.1 Å². The van der Waals surface area contributed by atoms with Crippen LogP contribution in [0.1, 0.15) is 11.1 Å². The van der Waals surface area contributed by atoms with E-state index in [0.29, 0.717) is 11.1 Å². The molecule has 0 fully saturated rings. The SMILES string of the molecule is N=C(/N=C/c1ccc2sc3ccccc3c2c1)c1cc(-n2c3cc4ccccc4cc3c3cc4cccc(-c5ccc6c(c5)[nH]c5ccccc56)c4cc32)c2c(c1)oc1c3ccccc3ccc12. The summed E-state index contributed by atoms with van der Waals surface area (Å²) in [5.74, 6) is 0.153. The zero-order chi connectivity index (χ0) is 44.6. The van der Waals surface area contributed by atoms with Gasteiger partial charge in [-0.2, -0.15) is 0 Å². The minimum atomic E-state index is 0.153. The van der Waals surface area contributed by atoms with Crippen molar-refractivity contribution < 1.29 is 4.42 Å². The maximum Gasteiger partial charge on any atom is 0.151 e. The zero-order valence-corrected chi connectivity index (χ0v) is 37.2. The summed E-state index contributed by atoms with van der Waals surface area (Å²) >= 11 is 1.80. The zero-order valence-electron chi connectivity index (χ0n) is 36.3. The first-order valence-electron chi connectivity index (χ1n) is 22.9. The number of fused-ring (bicyclic) bond motifs is 16. The van der Waals surface area contributed by atoms with Gasteiger partial charge >= 0.3 is 0 Å². The van der Waals surface area contributed by atoms with E-state index in [1.807, 2.05) is 12.3 Å². The van der Waals surface area contributed by atoms with Crippen molar-refractivity contribution in [2.24, 2.45) is 4.99 Å². The van der Waals surface area contributed by atoms with Crippen molar-refractivity contribution in [3.63, 3.8) is 0 Å². The first-order chi connectivity index (χ1) is 33.6. The number of thiophene rings is 1. The van der Waals surface area contributed by atoms with Crippen LogP contribution in [0.4, 0.5) is 0 Å². The van der Waals surface area contributed by atoms with Crippen LogP contribution >= 0.6 is 11.3 Å². The van der Waals surface area contributed by atoms with Crippen molar-refractivity contribution in [3.05, 3.63) is 211 Å². The summed E-state index contributed by atoms with van der Waals surface area (Å²) in [5.41, 5.74) is 10.8. The molecule has 0 atom stereocenters. The minimum absolute atomic E-state index is 0.153. The van der Waals surface area contributed by atoms with Crippen LogP contribution in [0.15, 0.2) is 210 Å². The molecule has 0 saturated carbocycles. The fourth-order valence-corrected chi connectivity index (χ4v) is 12.1. The van der Waals surface area contributed by atoms with Gasteiger partial charge in [-0.3, -0.25) is 5.41 Å². The third kappa shape index (κ3) is 5.49. The van der Waals surface area contributed by atoms with Crippen LogP contribution in [0.25, 0.3) is 135 Å². The number of hydrogen-bond acceptors (Lipinski definition) is 3. The Kier molecular flexibility index (Phi) is 7.74. The van der Waals surface area contributed by atoms with Gasteiger partial charge in [-0.25, -0.2) is 4.99 Å². The van der Waals surface area contributed by atoms with Gasteiger partial charge in [0.2, 0.25) is 0 Å². The Hall–Kier alpha value is -8.84. The van der Waals surface area contributed by atoms with E-state index >= 15 is 0 Å². The van der Waals surface area contributed by atoms with Crippen LogP contribution in [0, 0.1) is 5.41 Å². The third-order valence-corrected chi connectivity index (χ3v) is 15.3. The van der Waals surface area contributed by atoms with Crippen LogP contribution in [-0.4, -0.2) is 21.6 Å². The van der Waals surface area contributed by atoms with E-state index in [1.165, 1.54) is 41.7 Å². The number of furan rings is 1. The van der Waals surface area contributed by atoms with Crippen molar-refractivity contribution in [2.45, 2.75) is 0 Å². The Bertz CT molecular complexity index is 4710. The molecule has 0 aliphatic rings. The standard InChI is InChI=1S/C62H36N4OS/c63-62(64-34-35-20-25-59-51(26-35)46-16-6-8-19-58(46)68-59)41-31-56(60-47-24-21-36-10-3-4-14-43(36)61(47)67-57(60)32-41)66-54-30-38-12-2-1-11-37(38)27-49(54)50-28-39-13-9-17-42(48(39)33-55(50)66)40-22-23-45-44-15-5-7-18-52(44)65-53(45)29-40/h1-34,63,65H/b63-62?,64-34+. The highest BCUT2D eigenvalue weighted by Gasteiger charge is 2.23. The Morgan fingerprint density at radius 1 is 0.500 bits per heavy atom. The number of para-hydroxylation sites is 1. The second kappa shape index (κ2) is 14.1.